The van der Waals surface area contributed by atoms with Crippen molar-refractivity contribution >= 4 is 11.8 Å². The van der Waals surface area contributed by atoms with Gasteiger partial charge in [0.1, 0.15) is 12.2 Å². The summed E-state index contributed by atoms with van der Waals surface area (Å²) in [5, 5.41) is 29.0. The van der Waals surface area contributed by atoms with Crippen LogP contribution in [0.4, 0.5) is 8.78 Å². The van der Waals surface area contributed by atoms with Crippen molar-refractivity contribution in [3.8, 4) is 17.0 Å². The van der Waals surface area contributed by atoms with Crippen molar-refractivity contribution in [1.82, 2.24) is 9.97 Å². The van der Waals surface area contributed by atoms with Crippen molar-refractivity contribution in [2.75, 3.05) is 5.75 Å². The Hall–Kier alpha value is -1.81. The van der Waals surface area contributed by atoms with E-state index in [0.29, 0.717) is 5.56 Å². The number of rotatable bonds is 3. The fourth-order valence-electron chi connectivity index (χ4n) is 2.21. The van der Waals surface area contributed by atoms with E-state index < -0.39 is 35.6 Å². The van der Waals surface area contributed by atoms with Gasteiger partial charge in [0.25, 0.3) is 5.95 Å². The number of nitrogens with zero attached hydrogens (tertiary/aromatic N) is 2. The van der Waals surface area contributed by atoms with Gasteiger partial charge < -0.3 is 20.1 Å². The lowest BCUT2D eigenvalue weighted by Crippen LogP contribution is -2.50. The second-order valence-electron chi connectivity index (χ2n) is 5.22. The molecule has 128 valence electrons. The molecule has 0 aromatic carbocycles. The van der Waals surface area contributed by atoms with E-state index in [1.807, 2.05) is 0 Å². The molecule has 9 heteroatoms. The summed E-state index contributed by atoms with van der Waals surface area (Å²) in [6.45, 7) is 0. The number of hydrogen-bond acceptors (Lipinski definition) is 7. The summed E-state index contributed by atoms with van der Waals surface area (Å²) >= 11 is 1.06. The number of aliphatic hydroxyl groups excluding tert-OH is 3. The average Bonchev–Trinajstić information content (AvgIpc) is 2.57. The van der Waals surface area contributed by atoms with Crippen LogP contribution in [0.5, 0.6) is 5.75 Å². The van der Waals surface area contributed by atoms with E-state index in [2.05, 4.69) is 9.97 Å². The molecule has 4 atom stereocenters. The van der Waals surface area contributed by atoms with Crippen molar-refractivity contribution in [3.63, 3.8) is 0 Å². The first kappa shape index (κ1) is 17.0. The molecule has 1 fully saturated rings. The van der Waals surface area contributed by atoms with E-state index in [4.69, 9.17) is 4.74 Å². The van der Waals surface area contributed by atoms with Crippen LogP contribution in [-0.2, 0) is 0 Å². The van der Waals surface area contributed by atoms with Gasteiger partial charge in [-0.05, 0) is 24.3 Å². The Morgan fingerprint density at radius 1 is 1.08 bits per heavy atom. The molecule has 0 bridgehead atoms. The molecule has 2 aromatic rings. The lowest BCUT2D eigenvalue weighted by Gasteiger charge is -2.34. The van der Waals surface area contributed by atoms with Gasteiger partial charge in [-0.1, -0.05) is 0 Å². The molecule has 3 N–H and O–H groups in total. The molecule has 3 heterocycles. The Labute approximate surface area is 140 Å². The number of aromatic nitrogens is 2. The molecule has 0 radical (unpaired) electrons. The van der Waals surface area contributed by atoms with Gasteiger partial charge in [-0.25, -0.2) is 9.97 Å². The third-order valence-corrected chi connectivity index (χ3v) is 4.77. The predicted molar refractivity (Wildman–Crippen MR) is 82.3 cm³/mol. The van der Waals surface area contributed by atoms with Crippen molar-refractivity contribution in [2.45, 2.75) is 23.7 Å². The highest BCUT2D eigenvalue weighted by atomic mass is 32.2. The summed E-state index contributed by atoms with van der Waals surface area (Å²) in [5.41, 5.74) is -0.245. The summed E-state index contributed by atoms with van der Waals surface area (Å²) in [6, 6.07) is 5.36. The molecule has 0 aliphatic carbocycles. The zero-order valence-corrected chi connectivity index (χ0v) is 13.0. The third kappa shape index (κ3) is 3.48. The average molecular weight is 356 g/mol. The minimum absolute atomic E-state index is 0.150. The molecule has 2 aromatic heterocycles. The first-order valence-electron chi connectivity index (χ1n) is 7.06. The zero-order chi connectivity index (χ0) is 17.3. The SMILES string of the molecule is O[C@@H]1[C@@H](O)[C@@H](Oc2ccc(-c3ccc(F)nc3)nc2F)SC[C@H]1O. The summed E-state index contributed by atoms with van der Waals surface area (Å²) in [4.78, 5) is 7.22. The van der Waals surface area contributed by atoms with Crippen molar-refractivity contribution in [3.05, 3.63) is 42.4 Å². The molecule has 1 aliphatic heterocycles. The zero-order valence-electron chi connectivity index (χ0n) is 12.2. The van der Waals surface area contributed by atoms with Crippen LogP contribution >= 0.6 is 11.8 Å². The van der Waals surface area contributed by atoms with Gasteiger partial charge in [0, 0.05) is 17.5 Å². The largest absolute Gasteiger partial charge is 0.472 e. The second kappa shape index (κ2) is 6.98. The molecule has 6 nitrogen and oxygen atoms in total. The Bertz CT molecular complexity index is 719. The number of ether oxygens (including phenoxy) is 1. The number of halogens is 2. The molecule has 1 saturated heterocycles. The van der Waals surface area contributed by atoms with Crippen LogP contribution in [0.1, 0.15) is 0 Å². The highest BCUT2D eigenvalue weighted by Crippen LogP contribution is 2.30. The van der Waals surface area contributed by atoms with Gasteiger partial charge in [-0.15, -0.1) is 11.8 Å². The highest BCUT2D eigenvalue weighted by molar-refractivity contribution is 7.99. The standard InChI is InChI=1S/C15H14F2N2O4S/c16-11-4-1-7(5-18-11)8-2-3-10(14(17)19-8)23-15-13(22)12(21)9(20)6-24-15/h1-5,9,12-13,15,20-22H,6H2/t9-,12+,13-,15+/m1/s1. The highest BCUT2D eigenvalue weighted by Gasteiger charge is 2.38. The minimum Gasteiger partial charge on any atom is -0.472 e. The number of hydrogen-bond donors (Lipinski definition) is 3. The third-order valence-electron chi connectivity index (χ3n) is 3.54. The molecule has 1 aliphatic rings. The number of pyridine rings is 2. The van der Waals surface area contributed by atoms with Crippen LogP contribution in [0, 0.1) is 11.9 Å². The summed E-state index contributed by atoms with van der Waals surface area (Å²) in [6.07, 6.45) is -2.56. The molecule has 0 unspecified atom stereocenters. The van der Waals surface area contributed by atoms with Crippen LogP contribution < -0.4 is 4.74 Å². The van der Waals surface area contributed by atoms with Crippen molar-refractivity contribution in [1.29, 1.82) is 0 Å². The van der Waals surface area contributed by atoms with E-state index in [1.165, 1.54) is 24.4 Å². The van der Waals surface area contributed by atoms with Crippen molar-refractivity contribution in [2.24, 2.45) is 0 Å². The smallest absolute Gasteiger partial charge is 0.255 e. The summed E-state index contributed by atoms with van der Waals surface area (Å²) < 4.78 is 32.3. The molecule has 0 amide bonds. The first-order valence-corrected chi connectivity index (χ1v) is 8.11. The van der Waals surface area contributed by atoms with Crippen LogP contribution in [0.25, 0.3) is 11.3 Å². The topological polar surface area (TPSA) is 95.7 Å². The maximum Gasteiger partial charge on any atom is 0.255 e. The Morgan fingerprint density at radius 3 is 2.54 bits per heavy atom. The van der Waals surface area contributed by atoms with E-state index in [0.717, 1.165) is 17.8 Å². The van der Waals surface area contributed by atoms with Crippen LogP contribution in [0.15, 0.2) is 30.5 Å². The van der Waals surface area contributed by atoms with Crippen LogP contribution in [-0.4, -0.2) is 54.8 Å². The molecular weight excluding hydrogens is 342 g/mol. The van der Waals surface area contributed by atoms with E-state index >= 15 is 0 Å². The number of thioether (sulfide) groups is 1. The Morgan fingerprint density at radius 2 is 1.88 bits per heavy atom. The second-order valence-corrected chi connectivity index (χ2v) is 6.35. The van der Waals surface area contributed by atoms with E-state index in [9.17, 15) is 24.1 Å². The maximum atomic E-state index is 14.1. The van der Waals surface area contributed by atoms with E-state index in [1.54, 1.807) is 0 Å². The quantitative estimate of drug-likeness (QED) is 0.705. The Balaban J connectivity index is 1.77. The molecule has 0 spiro atoms. The molecule has 24 heavy (non-hydrogen) atoms. The number of aliphatic hydroxyl groups is 3. The van der Waals surface area contributed by atoms with Gasteiger partial charge in [-0.3, -0.25) is 0 Å². The monoisotopic (exact) mass is 356 g/mol. The van der Waals surface area contributed by atoms with E-state index in [-0.39, 0.29) is 17.2 Å². The fourth-order valence-corrected chi connectivity index (χ4v) is 3.32. The van der Waals surface area contributed by atoms with Gasteiger partial charge >= 0.3 is 0 Å². The summed E-state index contributed by atoms with van der Waals surface area (Å²) in [5.74, 6) is -1.61. The maximum absolute atomic E-state index is 14.1. The summed E-state index contributed by atoms with van der Waals surface area (Å²) in [7, 11) is 0. The van der Waals surface area contributed by atoms with Crippen LogP contribution in [0.2, 0.25) is 0 Å². The Kier molecular flexibility index (Phi) is 4.95. The molecule has 0 saturated carbocycles. The molecule has 3 rings (SSSR count). The van der Waals surface area contributed by atoms with Gasteiger partial charge in [0.05, 0.1) is 11.8 Å². The predicted octanol–water partition coefficient (Wildman–Crippen LogP) is 0.956. The fraction of sp³-hybridized carbons (Fsp3) is 0.333. The molecular formula is C15H14F2N2O4S. The normalized spacial score (nSPS) is 27.0. The lowest BCUT2D eigenvalue weighted by molar-refractivity contribution is -0.0790. The van der Waals surface area contributed by atoms with Crippen molar-refractivity contribution < 1.29 is 28.8 Å². The van der Waals surface area contributed by atoms with Gasteiger partial charge in [-0.2, -0.15) is 8.78 Å². The minimum atomic E-state index is -1.36. The lowest BCUT2D eigenvalue weighted by atomic mass is 10.1. The van der Waals surface area contributed by atoms with Crippen LogP contribution in [0.3, 0.4) is 0 Å². The van der Waals surface area contributed by atoms with Gasteiger partial charge in [0.15, 0.2) is 11.2 Å². The first-order chi connectivity index (χ1) is 11.5. The van der Waals surface area contributed by atoms with Gasteiger partial charge in [0.2, 0.25) is 5.95 Å².